The molecule has 0 fully saturated rings. The number of hydrogen-bond donors (Lipinski definition) is 1. The lowest BCUT2D eigenvalue weighted by Gasteiger charge is -2.34. The lowest BCUT2D eigenvalue weighted by atomic mass is 10.0. The van der Waals surface area contributed by atoms with Gasteiger partial charge in [0.25, 0.3) is 0 Å². The first-order valence-corrected chi connectivity index (χ1v) is 14.9. The lowest BCUT2D eigenvalue weighted by molar-refractivity contribution is -0.140. The van der Waals surface area contributed by atoms with E-state index in [4.69, 9.17) is 0 Å². The predicted molar refractivity (Wildman–Crippen MR) is 157 cm³/mol. The number of benzene rings is 3. The molecule has 2 amide bonds. The number of amides is 2. The molecule has 208 valence electrons. The second-order valence-electron chi connectivity index (χ2n) is 10.4. The maximum atomic E-state index is 14.1. The van der Waals surface area contributed by atoms with Gasteiger partial charge in [0.05, 0.1) is 11.9 Å². The first kappa shape index (κ1) is 29.9. The molecular weight excluding hydrogens is 510 g/mol. The highest BCUT2D eigenvalue weighted by molar-refractivity contribution is 7.92. The monoisotopic (exact) mass is 549 g/mol. The Labute approximate surface area is 232 Å². The van der Waals surface area contributed by atoms with Crippen molar-refractivity contribution in [1.82, 2.24) is 10.2 Å². The molecule has 0 unspecified atom stereocenters. The van der Waals surface area contributed by atoms with Gasteiger partial charge in [-0.05, 0) is 69.0 Å². The Kier molecular flexibility index (Phi) is 9.92. The van der Waals surface area contributed by atoms with Crippen molar-refractivity contribution in [2.45, 2.75) is 59.7 Å². The van der Waals surface area contributed by atoms with Crippen LogP contribution in [0.4, 0.5) is 5.69 Å². The molecule has 8 heteroatoms. The van der Waals surface area contributed by atoms with Crippen molar-refractivity contribution in [2.24, 2.45) is 0 Å². The maximum absolute atomic E-state index is 14.1. The molecule has 0 bridgehead atoms. The van der Waals surface area contributed by atoms with Crippen LogP contribution in [-0.2, 0) is 32.6 Å². The first-order valence-electron chi connectivity index (χ1n) is 13.1. The highest BCUT2D eigenvalue weighted by Gasteiger charge is 2.33. The first-order chi connectivity index (χ1) is 18.3. The number of carbonyl (C=O) groups excluding carboxylic acids is 2. The molecule has 7 nitrogen and oxygen atoms in total. The standard InChI is InChI=1S/C31H39N3O4S/c1-22(2)32-31(36)29(19-26-12-8-7-9-13-26)33(20-27-14-10-11-23(3)17-27)30(35)21-34(39(6,37)38)28-16-15-24(4)25(5)18-28/h7-18,22,29H,19-21H2,1-6H3,(H,32,36)/t29-/m0/s1. The van der Waals surface area contributed by atoms with E-state index in [-0.39, 0.29) is 18.5 Å². The van der Waals surface area contributed by atoms with Crippen LogP contribution in [0, 0.1) is 20.8 Å². The Hall–Kier alpha value is -3.65. The summed E-state index contributed by atoms with van der Waals surface area (Å²) in [6.45, 7) is 9.29. The molecule has 3 aromatic rings. The molecule has 3 rings (SSSR count). The van der Waals surface area contributed by atoms with E-state index in [0.717, 1.165) is 38.4 Å². The van der Waals surface area contributed by atoms with E-state index in [9.17, 15) is 18.0 Å². The third kappa shape index (κ3) is 8.42. The largest absolute Gasteiger partial charge is 0.352 e. The zero-order valence-electron chi connectivity index (χ0n) is 23.6. The Morgan fingerprint density at radius 3 is 2.10 bits per heavy atom. The van der Waals surface area contributed by atoms with Crippen molar-refractivity contribution in [3.8, 4) is 0 Å². The summed E-state index contributed by atoms with van der Waals surface area (Å²) in [5.74, 6) is -0.744. The van der Waals surface area contributed by atoms with E-state index in [0.29, 0.717) is 12.1 Å². The molecule has 39 heavy (non-hydrogen) atoms. The molecule has 1 atom stereocenters. The summed E-state index contributed by atoms with van der Waals surface area (Å²) < 4.78 is 26.9. The Bertz CT molecular complexity index is 1400. The van der Waals surface area contributed by atoms with Crippen molar-refractivity contribution in [3.63, 3.8) is 0 Å². The van der Waals surface area contributed by atoms with E-state index in [2.05, 4.69) is 5.32 Å². The minimum absolute atomic E-state index is 0.130. The van der Waals surface area contributed by atoms with E-state index in [1.807, 2.05) is 95.3 Å². The van der Waals surface area contributed by atoms with Crippen LogP contribution in [0.15, 0.2) is 72.8 Å². The summed E-state index contributed by atoms with van der Waals surface area (Å²) in [6, 6.07) is 21.6. The van der Waals surface area contributed by atoms with Crippen LogP contribution >= 0.6 is 0 Å². The summed E-state index contributed by atoms with van der Waals surface area (Å²) in [6.07, 6.45) is 1.38. The van der Waals surface area contributed by atoms with Crippen molar-refractivity contribution in [2.75, 3.05) is 17.1 Å². The molecule has 0 aliphatic carbocycles. The SMILES string of the molecule is Cc1cccc(CN(C(=O)CN(c2ccc(C)c(C)c2)S(C)(=O)=O)[C@@H](Cc2ccccc2)C(=O)NC(C)C)c1. The summed E-state index contributed by atoms with van der Waals surface area (Å²) in [4.78, 5) is 29.1. The number of carbonyl (C=O) groups is 2. The van der Waals surface area contributed by atoms with Gasteiger partial charge in [-0.3, -0.25) is 13.9 Å². The van der Waals surface area contributed by atoms with Crippen LogP contribution in [0.2, 0.25) is 0 Å². The molecular formula is C31H39N3O4S. The molecule has 1 N–H and O–H groups in total. The topological polar surface area (TPSA) is 86.8 Å². The molecule has 0 saturated carbocycles. The van der Waals surface area contributed by atoms with Crippen molar-refractivity contribution >= 4 is 27.5 Å². The van der Waals surface area contributed by atoms with E-state index < -0.39 is 28.5 Å². The zero-order valence-corrected chi connectivity index (χ0v) is 24.5. The Morgan fingerprint density at radius 1 is 0.846 bits per heavy atom. The van der Waals surface area contributed by atoms with Crippen LogP contribution in [0.3, 0.4) is 0 Å². The van der Waals surface area contributed by atoms with Gasteiger partial charge in [-0.2, -0.15) is 0 Å². The van der Waals surface area contributed by atoms with E-state index in [1.165, 1.54) is 4.90 Å². The van der Waals surface area contributed by atoms with Crippen LogP contribution in [0.1, 0.15) is 41.7 Å². The smallest absolute Gasteiger partial charge is 0.244 e. The van der Waals surface area contributed by atoms with E-state index in [1.54, 1.807) is 12.1 Å². The van der Waals surface area contributed by atoms with Gasteiger partial charge in [-0.25, -0.2) is 8.42 Å². The molecule has 0 spiro atoms. The molecule has 0 aliphatic heterocycles. The second-order valence-corrected chi connectivity index (χ2v) is 12.3. The number of rotatable bonds is 11. The van der Waals surface area contributed by atoms with Gasteiger partial charge in [-0.1, -0.05) is 66.2 Å². The van der Waals surface area contributed by atoms with Gasteiger partial charge in [-0.15, -0.1) is 0 Å². The van der Waals surface area contributed by atoms with Gasteiger partial charge in [0.1, 0.15) is 12.6 Å². The second kappa shape index (κ2) is 12.9. The normalized spacial score (nSPS) is 12.2. The molecule has 0 saturated heterocycles. The number of nitrogens with one attached hydrogen (secondary N) is 1. The lowest BCUT2D eigenvalue weighted by Crippen LogP contribution is -2.54. The maximum Gasteiger partial charge on any atom is 0.244 e. The molecule has 0 heterocycles. The molecule has 0 aromatic heterocycles. The number of hydrogen-bond acceptors (Lipinski definition) is 4. The number of nitrogens with zero attached hydrogens (tertiary/aromatic N) is 2. The van der Waals surface area contributed by atoms with Crippen LogP contribution < -0.4 is 9.62 Å². The van der Waals surface area contributed by atoms with Gasteiger partial charge in [0.15, 0.2) is 0 Å². The summed E-state index contributed by atoms with van der Waals surface area (Å²) in [5.41, 5.74) is 5.14. The Morgan fingerprint density at radius 2 is 1.51 bits per heavy atom. The van der Waals surface area contributed by atoms with Crippen LogP contribution in [-0.4, -0.2) is 50.0 Å². The third-order valence-corrected chi connectivity index (χ3v) is 7.74. The fourth-order valence-corrected chi connectivity index (χ4v) is 5.28. The average Bonchev–Trinajstić information content (AvgIpc) is 2.86. The van der Waals surface area contributed by atoms with Crippen molar-refractivity contribution in [3.05, 3.63) is 101 Å². The Balaban J connectivity index is 2.07. The van der Waals surface area contributed by atoms with Crippen molar-refractivity contribution in [1.29, 1.82) is 0 Å². The highest BCUT2D eigenvalue weighted by atomic mass is 32.2. The quantitative estimate of drug-likeness (QED) is 0.380. The van der Waals surface area contributed by atoms with Gasteiger partial charge in [0.2, 0.25) is 21.8 Å². The number of anilines is 1. The third-order valence-electron chi connectivity index (χ3n) is 6.60. The number of aryl methyl sites for hydroxylation is 3. The molecule has 3 aromatic carbocycles. The zero-order chi connectivity index (χ0) is 28.7. The fraction of sp³-hybridized carbons (Fsp3) is 0.355. The van der Waals surface area contributed by atoms with Crippen LogP contribution in [0.25, 0.3) is 0 Å². The summed E-state index contributed by atoms with van der Waals surface area (Å²) >= 11 is 0. The molecule has 0 aliphatic rings. The van der Waals surface area contributed by atoms with Gasteiger partial charge in [0, 0.05) is 19.0 Å². The van der Waals surface area contributed by atoms with Gasteiger partial charge >= 0.3 is 0 Å². The average molecular weight is 550 g/mol. The fourth-order valence-electron chi connectivity index (χ4n) is 4.44. The minimum atomic E-state index is -3.79. The molecule has 0 radical (unpaired) electrons. The minimum Gasteiger partial charge on any atom is -0.352 e. The predicted octanol–water partition coefficient (Wildman–Crippen LogP) is 4.54. The van der Waals surface area contributed by atoms with Crippen LogP contribution in [0.5, 0.6) is 0 Å². The van der Waals surface area contributed by atoms with Gasteiger partial charge < -0.3 is 10.2 Å². The summed E-state index contributed by atoms with van der Waals surface area (Å²) in [5, 5.41) is 2.96. The number of sulfonamides is 1. The summed E-state index contributed by atoms with van der Waals surface area (Å²) in [7, 11) is -3.79. The van der Waals surface area contributed by atoms with E-state index >= 15 is 0 Å². The van der Waals surface area contributed by atoms with Crippen molar-refractivity contribution < 1.29 is 18.0 Å². The highest BCUT2D eigenvalue weighted by Crippen LogP contribution is 2.23.